The van der Waals surface area contributed by atoms with E-state index in [-0.39, 0.29) is 5.91 Å². The van der Waals surface area contributed by atoms with Crippen molar-refractivity contribution in [1.82, 2.24) is 4.90 Å². The molecular formula is C14H26N2OS. The highest BCUT2D eigenvalue weighted by Gasteiger charge is 2.45. The van der Waals surface area contributed by atoms with Crippen LogP contribution >= 0.6 is 12.2 Å². The molecule has 2 unspecified atom stereocenters. The van der Waals surface area contributed by atoms with E-state index in [1.54, 1.807) is 0 Å². The molecule has 18 heavy (non-hydrogen) atoms. The highest BCUT2D eigenvalue weighted by atomic mass is 32.1. The minimum atomic E-state index is -0.638. The van der Waals surface area contributed by atoms with Crippen LogP contribution in [0.1, 0.15) is 59.8 Å². The summed E-state index contributed by atoms with van der Waals surface area (Å²) in [5, 5.41) is 0. The van der Waals surface area contributed by atoms with Crippen LogP contribution in [0.5, 0.6) is 0 Å². The lowest BCUT2D eigenvalue weighted by atomic mass is 9.80. The summed E-state index contributed by atoms with van der Waals surface area (Å²) in [5.41, 5.74) is 5.24. The zero-order valence-corrected chi connectivity index (χ0v) is 12.8. The first-order valence-electron chi connectivity index (χ1n) is 7.07. The second-order valence-corrected chi connectivity index (χ2v) is 5.79. The van der Waals surface area contributed by atoms with Gasteiger partial charge in [0.15, 0.2) is 0 Å². The topological polar surface area (TPSA) is 46.3 Å². The minimum absolute atomic E-state index is 0.150. The van der Waals surface area contributed by atoms with Crippen molar-refractivity contribution in [2.75, 3.05) is 0 Å². The molecule has 1 aliphatic rings. The van der Waals surface area contributed by atoms with Crippen LogP contribution in [0.3, 0.4) is 0 Å². The number of carbonyl (C=O) groups excluding carboxylic acids is 1. The first-order valence-corrected chi connectivity index (χ1v) is 7.48. The Morgan fingerprint density at radius 2 is 1.89 bits per heavy atom. The molecule has 2 atom stereocenters. The van der Waals surface area contributed by atoms with E-state index in [1.807, 2.05) is 18.7 Å². The van der Waals surface area contributed by atoms with E-state index in [1.165, 1.54) is 0 Å². The van der Waals surface area contributed by atoms with E-state index >= 15 is 0 Å². The van der Waals surface area contributed by atoms with Crippen LogP contribution in [-0.4, -0.2) is 27.9 Å². The summed E-state index contributed by atoms with van der Waals surface area (Å²) in [6, 6.07) is 0.675. The summed E-state index contributed by atoms with van der Waals surface area (Å²) in [7, 11) is 0. The van der Waals surface area contributed by atoms with Gasteiger partial charge in [-0.15, -0.1) is 0 Å². The summed E-state index contributed by atoms with van der Waals surface area (Å²) in [4.78, 5) is 15.3. The Bertz CT molecular complexity index is 326. The molecule has 0 radical (unpaired) electrons. The first-order chi connectivity index (χ1) is 8.44. The summed E-state index contributed by atoms with van der Waals surface area (Å²) >= 11 is 5.18. The Balaban J connectivity index is 3.06. The molecule has 0 saturated carbocycles. The molecule has 2 N–H and O–H groups in total. The average Bonchev–Trinajstić information content (AvgIpc) is 2.71. The third kappa shape index (κ3) is 2.40. The van der Waals surface area contributed by atoms with Gasteiger partial charge in [0.1, 0.15) is 0 Å². The van der Waals surface area contributed by atoms with Crippen LogP contribution in [0.2, 0.25) is 0 Å². The summed E-state index contributed by atoms with van der Waals surface area (Å²) in [6.45, 7) is 8.27. The fourth-order valence-corrected chi connectivity index (χ4v) is 3.47. The number of nitrogens with zero attached hydrogens (tertiary/aromatic N) is 1. The quantitative estimate of drug-likeness (QED) is 0.781. The van der Waals surface area contributed by atoms with Crippen LogP contribution in [-0.2, 0) is 4.79 Å². The predicted molar refractivity (Wildman–Crippen MR) is 79.4 cm³/mol. The minimum Gasteiger partial charge on any atom is -0.392 e. The number of hydrogen-bond donors (Lipinski definition) is 1. The van der Waals surface area contributed by atoms with E-state index in [9.17, 15) is 4.79 Å². The van der Waals surface area contributed by atoms with Gasteiger partial charge in [-0.25, -0.2) is 0 Å². The van der Waals surface area contributed by atoms with Gasteiger partial charge < -0.3 is 10.6 Å². The highest BCUT2D eigenvalue weighted by Crippen LogP contribution is 2.35. The predicted octanol–water partition coefficient (Wildman–Crippen LogP) is 2.87. The zero-order valence-electron chi connectivity index (χ0n) is 12.0. The number of carbonyl (C=O) groups is 1. The number of hydrogen-bond acceptors (Lipinski definition) is 2. The fourth-order valence-electron chi connectivity index (χ4n) is 3.09. The molecule has 1 amide bonds. The van der Waals surface area contributed by atoms with Crippen LogP contribution in [0, 0.1) is 5.41 Å². The van der Waals surface area contributed by atoms with Crippen molar-refractivity contribution in [3.63, 3.8) is 0 Å². The molecule has 4 heteroatoms. The van der Waals surface area contributed by atoms with Gasteiger partial charge in [-0.05, 0) is 39.0 Å². The second kappa shape index (κ2) is 6.00. The third-order valence-corrected chi connectivity index (χ3v) is 4.97. The van der Waals surface area contributed by atoms with Crippen molar-refractivity contribution < 1.29 is 4.79 Å². The van der Waals surface area contributed by atoms with E-state index in [4.69, 9.17) is 18.0 Å². The van der Waals surface area contributed by atoms with Gasteiger partial charge in [0.2, 0.25) is 5.91 Å². The molecule has 0 aromatic rings. The normalized spacial score (nSPS) is 24.3. The maximum atomic E-state index is 12.9. The van der Waals surface area contributed by atoms with Gasteiger partial charge in [-0.1, -0.05) is 33.0 Å². The maximum Gasteiger partial charge on any atom is 0.236 e. The Labute approximate surface area is 116 Å². The molecule has 1 aliphatic heterocycles. The van der Waals surface area contributed by atoms with Crippen molar-refractivity contribution in [2.24, 2.45) is 11.1 Å². The molecule has 0 aliphatic carbocycles. The first kappa shape index (κ1) is 15.4. The lowest BCUT2D eigenvalue weighted by molar-refractivity contribution is -0.141. The lowest BCUT2D eigenvalue weighted by Gasteiger charge is -2.38. The molecular weight excluding hydrogens is 244 g/mol. The monoisotopic (exact) mass is 270 g/mol. The van der Waals surface area contributed by atoms with Crippen molar-refractivity contribution in [1.29, 1.82) is 0 Å². The van der Waals surface area contributed by atoms with E-state index in [0.29, 0.717) is 29.9 Å². The molecule has 1 heterocycles. The van der Waals surface area contributed by atoms with E-state index < -0.39 is 5.41 Å². The molecule has 1 fully saturated rings. The smallest absolute Gasteiger partial charge is 0.236 e. The molecule has 3 nitrogen and oxygen atoms in total. The highest BCUT2D eigenvalue weighted by molar-refractivity contribution is 7.80. The van der Waals surface area contributed by atoms with Crippen molar-refractivity contribution in [3.05, 3.63) is 0 Å². The molecule has 0 aromatic heterocycles. The van der Waals surface area contributed by atoms with E-state index in [2.05, 4.69) is 13.8 Å². The third-order valence-electron chi connectivity index (χ3n) is 4.58. The van der Waals surface area contributed by atoms with Crippen molar-refractivity contribution in [3.8, 4) is 0 Å². The SMILES string of the molecule is CCC1CCC(C)N1C(=O)C(CC)(CC)C(N)=S. The van der Waals surface area contributed by atoms with Gasteiger partial charge in [0.25, 0.3) is 0 Å². The van der Waals surface area contributed by atoms with Crippen LogP contribution in [0.25, 0.3) is 0 Å². The summed E-state index contributed by atoms with van der Waals surface area (Å²) in [6.07, 6.45) is 4.58. The van der Waals surface area contributed by atoms with Gasteiger partial charge in [0.05, 0.1) is 10.4 Å². The summed E-state index contributed by atoms with van der Waals surface area (Å²) in [5.74, 6) is 0.150. The number of thiocarbonyl (C=S) groups is 1. The molecule has 0 bridgehead atoms. The molecule has 0 aromatic carbocycles. The van der Waals surface area contributed by atoms with Gasteiger partial charge >= 0.3 is 0 Å². The van der Waals surface area contributed by atoms with Crippen LogP contribution in [0.15, 0.2) is 0 Å². The number of nitrogens with two attached hydrogens (primary N) is 1. The average molecular weight is 270 g/mol. The van der Waals surface area contributed by atoms with Gasteiger partial charge in [-0.3, -0.25) is 4.79 Å². The molecule has 104 valence electrons. The Morgan fingerprint density at radius 1 is 1.33 bits per heavy atom. The van der Waals surface area contributed by atoms with Crippen molar-refractivity contribution in [2.45, 2.75) is 71.9 Å². The van der Waals surface area contributed by atoms with Crippen molar-refractivity contribution >= 4 is 23.1 Å². The summed E-state index contributed by atoms with van der Waals surface area (Å²) < 4.78 is 0. The van der Waals surface area contributed by atoms with Crippen LogP contribution < -0.4 is 5.73 Å². The Hall–Kier alpha value is -0.640. The largest absolute Gasteiger partial charge is 0.392 e. The van der Waals surface area contributed by atoms with Gasteiger partial charge in [0, 0.05) is 12.1 Å². The van der Waals surface area contributed by atoms with Gasteiger partial charge in [-0.2, -0.15) is 0 Å². The lowest BCUT2D eigenvalue weighted by Crippen LogP contribution is -2.53. The van der Waals surface area contributed by atoms with E-state index in [0.717, 1.165) is 19.3 Å². The molecule has 1 saturated heterocycles. The zero-order chi connectivity index (χ0) is 13.9. The Morgan fingerprint density at radius 3 is 2.28 bits per heavy atom. The Kier molecular flexibility index (Phi) is 5.14. The number of rotatable bonds is 5. The standard InChI is InChI=1S/C14H26N2OS/c1-5-11-9-8-10(4)16(11)13(17)14(6-2,7-3)12(15)18/h10-11H,5-9H2,1-4H3,(H2,15,18). The number of amides is 1. The fraction of sp³-hybridized carbons (Fsp3) is 0.857. The maximum absolute atomic E-state index is 12.9. The number of likely N-dealkylation sites (tertiary alicyclic amines) is 1. The van der Waals surface area contributed by atoms with Crippen LogP contribution in [0.4, 0.5) is 0 Å². The molecule has 1 rings (SSSR count). The second-order valence-electron chi connectivity index (χ2n) is 5.35. The molecule has 0 spiro atoms.